The molecule has 1 N–H and O–H groups in total. The number of carbonyl (C=O) groups is 2. The Morgan fingerprint density at radius 1 is 1.12 bits per heavy atom. The van der Waals surface area contributed by atoms with Crippen LogP contribution in [-0.2, 0) is 9.53 Å². The van der Waals surface area contributed by atoms with E-state index in [1.165, 1.54) is 24.3 Å². The van der Waals surface area contributed by atoms with Crippen molar-refractivity contribution in [2.24, 2.45) is 4.99 Å². The zero-order valence-electron chi connectivity index (χ0n) is 13.3. The molecule has 126 valence electrons. The van der Waals surface area contributed by atoms with Crippen LogP contribution >= 0.6 is 11.6 Å². The van der Waals surface area contributed by atoms with Crippen molar-refractivity contribution in [2.45, 2.75) is 6.92 Å². The van der Waals surface area contributed by atoms with Gasteiger partial charge in [-0.15, -0.1) is 0 Å². The van der Waals surface area contributed by atoms with Crippen LogP contribution in [-0.4, -0.2) is 29.2 Å². The van der Waals surface area contributed by atoms with Crippen molar-refractivity contribution >= 4 is 34.8 Å². The fourth-order valence-electron chi connectivity index (χ4n) is 2.34. The van der Waals surface area contributed by atoms with E-state index in [1.807, 2.05) is 19.1 Å². The molecule has 0 bridgehead atoms. The summed E-state index contributed by atoms with van der Waals surface area (Å²) in [6, 6.07) is 13.3. The van der Waals surface area contributed by atoms with Crippen LogP contribution in [0.4, 0.5) is 5.69 Å². The molecule has 2 aromatic rings. The molecule has 0 aromatic heterocycles. The number of ether oxygens (including phenoxy) is 1. The van der Waals surface area contributed by atoms with Gasteiger partial charge in [-0.1, -0.05) is 29.3 Å². The van der Waals surface area contributed by atoms with Gasteiger partial charge >= 0.3 is 5.97 Å². The van der Waals surface area contributed by atoms with Crippen molar-refractivity contribution in [3.63, 3.8) is 0 Å². The fourth-order valence-corrected chi connectivity index (χ4v) is 2.47. The second-order valence-electron chi connectivity index (χ2n) is 5.53. The summed E-state index contributed by atoms with van der Waals surface area (Å²) in [6.45, 7) is 1.85. The molecular weight excluding hydrogens is 342 g/mol. The Balaban J connectivity index is 2.00. The monoisotopic (exact) mass is 355 g/mol. The summed E-state index contributed by atoms with van der Waals surface area (Å²) in [7, 11) is 0. The lowest BCUT2D eigenvalue weighted by Crippen LogP contribution is -2.13. The minimum Gasteiger partial charge on any atom is -0.503 e. The van der Waals surface area contributed by atoms with E-state index in [-0.39, 0.29) is 23.5 Å². The number of rotatable bonds is 3. The zero-order chi connectivity index (χ0) is 18.0. The number of cyclic esters (lactones) is 1. The highest BCUT2D eigenvalue weighted by molar-refractivity contribution is 6.31. The van der Waals surface area contributed by atoms with E-state index >= 15 is 0 Å². The molecule has 25 heavy (non-hydrogen) atoms. The van der Waals surface area contributed by atoms with Crippen molar-refractivity contribution < 1.29 is 19.4 Å². The van der Waals surface area contributed by atoms with Crippen molar-refractivity contribution in [1.29, 1.82) is 0 Å². The Morgan fingerprint density at radius 3 is 2.40 bits per heavy atom. The van der Waals surface area contributed by atoms with E-state index in [9.17, 15) is 14.7 Å². The Bertz CT molecular complexity index is 896. The molecule has 0 amide bonds. The molecule has 1 aliphatic heterocycles. The van der Waals surface area contributed by atoms with Gasteiger partial charge in [0, 0.05) is 10.6 Å². The van der Waals surface area contributed by atoms with Crippen LogP contribution in [0.1, 0.15) is 15.9 Å². The minimum atomic E-state index is -0.773. The number of esters is 1. The van der Waals surface area contributed by atoms with Gasteiger partial charge in [0.25, 0.3) is 0 Å². The standard InChI is InChI=1S/C19H14ClNO4/c1-11-2-8-14(9-3-11)21-15-10-25-19(24)16(15)18(23)17(22)12-4-6-13(20)7-5-12/h2-9,23H,10H2,1H3/b18-16+,21-15?. The number of nitrogens with zero attached hydrogens (tertiary/aromatic N) is 1. The van der Waals surface area contributed by atoms with E-state index in [4.69, 9.17) is 16.3 Å². The van der Waals surface area contributed by atoms with E-state index in [0.717, 1.165) is 5.56 Å². The van der Waals surface area contributed by atoms with Gasteiger partial charge < -0.3 is 9.84 Å². The number of ketones is 1. The number of benzene rings is 2. The molecule has 1 heterocycles. The number of allylic oxidation sites excluding steroid dienone is 1. The highest BCUT2D eigenvalue weighted by atomic mass is 35.5. The predicted octanol–water partition coefficient (Wildman–Crippen LogP) is 3.97. The summed E-state index contributed by atoms with van der Waals surface area (Å²) in [5.74, 6) is -2.15. The molecule has 0 radical (unpaired) electrons. The second-order valence-corrected chi connectivity index (χ2v) is 5.97. The zero-order valence-corrected chi connectivity index (χ0v) is 14.1. The topological polar surface area (TPSA) is 76.0 Å². The molecule has 0 spiro atoms. The summed E-state index contributed by atoms with van der Waals surface area (Å²) >= 11 is 5.79. The van der Waals surface area contributed by atoms with E-state index < -0.39 is 17.5 Å². The number of halogens is 1. The van der Waals surface area contributed by atoms with Gasteiger partial charge in [-0.3, -0.25) is 4.79 Å². The molecule has 3 rings (SSSR count). The molecule has 1 fully saturated rings. The highest BCUT2D eigenvalue weighted by Gasteiger charge is 2.33. The molecule has 5 nitrogen and oxygen atoms in total. The van der Waals surface area contributed by atoms with E-state index in [2.05, 4.69) is 4.99 Å². The number of aliphatic hydroxyl groups is 1. The first kappa shape index (κ1) is 16.9. The second kappa shape index (κ2) is 6.91. The van der Waals surface area contributed by atoms with Crippen molar-refractivity contribution in [3.05, 3.63) is 76.0 Å². The number of hydrogen-bond acceptors (Lipinski definition) is 5. The first-order chi connectivity index (χ1) is 12.0. The molecule has 0 unspecified atom stereocenters. The summed E-state index contributed by atoms with van der Waals surface area (Å²) in [5, 5.41) is 10.8. The first-order valence-corrected chi connectivity index (χ1v) is 7.89. The average Bonchev–Trinajstić information content (AvgIpc) is 2.96. The summed E-state index contributed by atoms with van der Waals surface area (Å²) in [5.41, 5.74) is 1.89. The van der Waals surface area contributed by atoms with Crippen LogP contribution in [0.5, 0.6) is 0 Å². The van der Waals surface area contributed by atoms with Crippen LogP contribution in [0.15, 0.2) is 64.9 Å². The fraction of sp³-hybridized carbons (Fsp3) is 0.105. The molecule has 0 aliphatic carbocycles. The third kappa shape index (κ3) is 3.61. The quantitative estimate of drug-likeness (QED) is 0.391. The van der Waals surface area contributed by atoms with Gasteiger partial charge in [-0.05, 0) is 43.3 Å². The third-order valence-corrected chi connectivity index (χ3v) is 3.94. The van der Waals surface area contributed by atoms with Gasteiger partial charge in [-0.2, -0.15) is 0 Å². The van der Waals surface area contributed by atoms with Gasteiger partial charge in [0.1, 0.15) is 12.2 Å². The van der Waals surface area contributed by atoms with Crippen LogP contribution in [0.25, 0.3) is 0 Å². The number of aliphatic imine (C=N–C) groups is 1. The summed E-state index contributed by atoms with van der Waals surface area (Å²) in [6.07, 6.45) is 0. The largest absolute Gasteiger partial charge is 0.503 e. The van der Waals surface area contributed by atoms with Gasteiger partial charge in [-0.25, -0.2) is 9.79 Å². The maximum Gasteiger partial charge on any atom is 0.344 e. The normalized spacial score (nSPS) is 17.5. The maximum atomic E-state index is 12.4. The third-order valence-electron chi connectivity index (χ3n) is 3.69. The smallest absolute Gasteiger partial charge is 0.344 e. The van der Waals surface area contributed by atoms with Gasteiger partial charge in [0.15, 0.2) is 5.76 Å². The van der Waals surface area contributed by atoms with Crippen LogP contribution in [0, 0.1) is 6.92 Å². The van der Waals surface area contributed by atoms with Crippen molar-refractivity contribution in [3.8, 4) is 0 Å². The van der Waals surface area contributed by atoms with Crippen molar-refractivity contribution in [1.82, 2.24) is 0 Å². The molecule has 2 aromatic carbocycles. The van der Waals surface area contributed by atoms with Crippen LogP contribution in [0.3, 0.4) is 0 Å². The number of Topliss-reactive ketones (excluding diaryl/α,β-unsaturated/α-hetero) is 1. The lowest BCUT2D eigenvalue weighted by Gasteiger charge is -2.03. The molecule has 1 aliphatic rings. The SMILES string of the molecule is Cc1ccc(N=C2COC(=O)/C2=C(/O)C(=O)c2ccc(Cl)cc2)cc1. The Hall–Kier alpha value is -2.92. The van der Waals surface area contributed by atoms with E-state index in [1.54, 1.807) is 12.1 Å². The lowest BCUT2D eigenvalue weighted by molar-refractivity contribution is -0.135. The van der Waals surface area contributed by atoms with Crippen molar-refractivity contribution in [2.75, 3.05) is 6.61 Å². The number of aryl methyl sites for hydroxylation is 1. The van der Waals surface area contributed by atoms with Crippen LogP contribution in [0.2, 0.25) is 5.02 Å². The van der Waals surface area contributed by atoms with Gasteiger partial charge in [0.2, 0.25) is 5.78 Å². The molecule has 1 saturated heterocycles. The van der Waals surface area contributed by atoms with E-state index in [0.29, 0.717) is 10.7 Å². The first-order valence-electron chi connectivity index (χ1n) is 7.51. The molecular formula is C19H14ClNO4. The Kier molecular flexibility index (Phi) is 4.67. The maximum absolute atomic E-state index is 12.4. The van der Waals surface area contributed by atoms with Crippen LogP contribution < -0.4 is 0 Å². The predicted molar refractivity (Wildman–Crippen MR) is 94.7 cm³/mol. The lowest BCUT2D eigenvalue weighted by atomic mass is 10.0. The molecule has 0 atom stereocenters. The number of hydrogen-bond donors (Lipinski definition) is 1. The van der Waals surface area contributed by atoms with Gasteiger partial charge in [0.05, 0.1) is 11.4 Å². The Morgan fingerprint density at radius 2 is 1.76 bits per heavy atom. The Labute approximate surface area is 149 Å². The molecule has 0 saturated carbocycles. The number of aliphatic hydroxyl groups excluding tert-OH is 1. The minimum absolute atomic E-state index is 0.0972. The number of carbonyl (C=O) groups excluding carboxylic acids is 2. The average molecular weight is 356 g/mol. The summed E-state index contributed by atoms with van der Waals surface area (Å²) < 4.78 is 4.94. The highest BCUT2D eigenvalue weighted by Crippen LogP contribution is 2.22. The molecule has 6 heteroatoms. The summed E-state index contributed by atoms with van der Waals surface area (Å²) in [4.78, 5) is 28.7.